The molecule has 8 heteroatoms. The van der Waals surface area contributed by atoms with Gasteiger partial charge in [0, 0.05) is 6.07 Å². The van der Waals surface area contributed by atoms with Crippen LogP contribution in [-0.4, -0.2) is 22.1 Å². The van der Waals surface area contributed by atoms with Gasteiger partial charge in [-0.25, -0.2) is 4.39 Å². The van der Waals surface area contributed by atoms with Crippen molar-refractivity contribution < 1.29 is 13.9 Å². The molecule has 0 atom stereocenters. The Labute approximate surface area is 107 Å². The van der Waals surface area contributed by atoms with Gasteiger partial charge in [-0.2, -0.15) is 9.97 Å². The molecule has 18 heavy (non-hydrogen) atoms. The summed E-state index contributed by atoms with van der Waals surface area (Å²) in [5.74, 6) is -0.487. The fraction of sp³-hybridized carbons (Fsp3) is 0.100. The fourth-order valence-electron chi connectivity index (χ4n) is 1.14. The largest absolute Gasteiger partial charge is 0.467 e. The highest BCUT2D eigenvalue weighted by Crippen LogP contribution is 2.24. The van der Waals surface area contributed by atoms with E-state index in [-0.39, 0.29) is 28.7 Å². The number of rotatable bonds is 3. The number of nitrogens with two attached hydrogens (primary N) is 1. The number of nitrogen functional groups attached to an aromatic ring is 1. The van der Waals surface area contributed by atoms with E-state index in [2.05, 4.69) is 15.0 Å². The van der Waals surface area contributed by atoms with Gasteiger partial charge in [0.2, 0.25) is 5.95 Å². The summed E-state index contributed by atoms with van der Waals surface area (Å²) in [6.07, 6.45) is 0. The summed E-state index contributed by atoms with van der Waals surface area (Å²) in [5.41, 5.74) is 5.43. The summed E-state index contributed by atoms with van der Waals surface area (Å²) in [7, 11) is 1.38. The SMILES string of the molecule is COc1nc(N)nc(Oc2ccc(Cl)c(F)c2)n1. The molecule has 0 spiro atoms. The number of halogens is 2. The van der Waals surface area contributed by atoms with Crippen molar-refractivity contribution in [3.63, 3.8) is 0 Å². The summed E-state index contributed by atoms with van der Waals surface area (Å²) in [4.78, 5) is 11.2. The topological polar surface area (TPSA) is 83.2 Å². The predicted molar refractivity (Wildman–Crippen MR) is 62.3 cm³/mol. The van der Waals surface area contributed by atoms with Crippen LogP contribution in [0.2, 0.25) is 5.02 Å². The molecule has 0 aliphatic carbocycles. The van der Waals surface area contributed by atoms with Gasteiger partial charge in [-0.05, 0) is 12.1 Å². The minimum atomic E-state index is -0.608. The molecule has 0 radical (unpaired) electrons. The van der Waals surface area contributed by atoms with E-state index in [1.54, 1.807) is 0 Å². The Kier molecular flexibility index (Phi) is 3.42. The van der Waals surface area contributed by atoms with Crippen LogP contribution in [0, 0.1) is 5.82 Å². The van der Waals surface area contributed by atoms with Crippen molar-refractivity contribution in [3.8, 4) is 17.8 Å². The average Bonchev–Trinajstić information content (AvgIpc) is 2.33. The van der Waals surface area contributed by atoms with Crippen LogP contribution in [-0.2, 0) is 0 Å². The van der Waals surface area contributed by atoms with Gasteiger partial charge in [-0.1, -0.05) is 11.6 Å². The first-order chi connectivity index (χ1) is 8.58. The highest BCUT2D eigenvalue weighted by atomic mass is 35.5. The first-order valence-electron chi connectivity index (χ1n) is 4.77. The van der Waals surface area contributed by atoms with Gasteiger partial charge in [0.15, 0.2) is 0 Å². The van der Waals surface area contributed by atoms with Crippen molar-refractivity contribution in [2.24, 2.45) is 0 Å². The quantitative estimate of drug-likeness (QED) is 0.919. The van der Waals surface area contributed by atoms with Crippen molar-refractivity contribution in [2.45, 2.75) is 0 Å². The van der Waals surface area contributed by atoms with Crippen LogP contribution in [0.5, 0.6) is 17.8 Å². The molecule has 0 amide bonds. The Morgan fingerprint density at radius 2 is 1.94 bits per heavy atom. The number of anilines is 1. The standard InChI is InChI=1S/C10H8ClFN4O2/c1-17-9-14-8(13)15-10(16-9)18-5-2-3-6(11)7(12)4-5/h2-4H,1H3,(H2,13,14,15,16). The zero-order valence-electron chi connectivity index (χ0n) is 9.22. The van der Waals surface area contributed by atoms with E-state index in [0.717, 1.165) is 6.07 Å². The fourth-order valence-corrected chi connectivity index (χ4v) is 1.25. The Morgan fingerprint density at radius 1 is 1.22 bits per heavy atom. The molecule has 0 unspecified atom stereocenters. The zero-order chi connectivity index (χ0) is 13.1. The first kappa shape index (κ1) is 12.3. The van der Waals surface area contributed by atoms with E-state index < -0.39 is 5.82 Å². The molecule has 0 saturated heterocycles. The van der Waals surface area contributed by atoms with Gasteiger partial charge in [0.05, 0.1) is 12.1 Å². The average molecular weight is 271 g/mol. The van der Waals surface area contributed by atoms with Gasteiger partial charge in [-0.15, -0.1) is 4.98 Å². The molecule has 0 aliphatic rings. The lowest BCUT2D eigenvalue weighted by Crippen LogP contribution is -2.02. The van der Waals surface area contributed by atoms with Crippen molar-refractivity contribution >= 4 is 17.5 Å². The lowest BCUT2D eigenvalue weighted by Gasteiger charge is -2.05. The molecular formula is C10H8ClFN4O2. The van der Waals surface area contributed by atoms with Gasteiger partial charge < -0.3 is 15.2 Å². The van der Waals surface area contributed by atoms with Crippen molar-refractivity contribution in [1.29, 1.82) is 0 Å². The molecule has 2 aromatic rings. The molecule has 94 valence electrons. The zero-order valence-corrected chi connectivity index (χ0v) is 9.98. The van der Waals surface area contributed by atoms with Crippen molar-refractivity contribution in [2.75, 3.05) is 12.8 Å². The van der Waals surface area contributed by atoms with E-state index >= 15 is 0 Å². The van der Waals surface area contributed by atoms with E-state index in [4.69, 9.17) is 26.8 Å². The highest BCUT2D eigenvalue weighted by molar-refractivity contribution is 6.30. The summed E-state index contributed by atoms with van der Waals surface area (Å²) in [6.45, 7) is 0. The molecule has 0 fully saturated rings. The van der Waals surface area contributed by atoms with Crippen LogP contribution in [0.1, 0.15) is 0 Å². The maximum absolute atomic E-state index is 13.2. The summed E-state index contributed by atoms with van der Waals surface area (Å²) in [6, 6.07) is 3.84. The van der Waals surface area contributed by atoms with Crippen LogP contribution >= 0.6 is 11.6 Å². The van der Waals surface area contributed by atoms with Crippen LogP contribution in [0.3, 0.4) is 0 Å². The predicted octanol–water partition coefficient (Wildman–Crippen LogP) is 2.05. The third-order valence-corrected chi connectivity index (χ3v) is 2.20. The molecule has 2 N–H and O–H groups in total. The molecule has 1 aromatic carbocycles. The Hall–Kier alpha value is -2.15. The molecule has 0 aliphatic heterocycles. The number of aromatic nitrogens is 3. The number of hydrogen-bond acceptors (Lipinski definition) is 6. The number of methoxy groups -OCH3 is 1. The lowest BCUT2D eigenvalue weighted by atomic mass is 10.3. The second-order valence-electron chi connectivity index (χ2n) is 3.14. The molecule has 6 nitrogen and oxygen atoms in total. The number of nitrogens with zero attached hydrogens (tertiary/aromatic N) is 3. The number of hydrogen-bond donors (Lipinski definition) is 1. The second-order valence-corrected chi connectivity index (χ2v) is 3.55. The molecule has 2 rings (SSSR count). The van der Waals surface area contributed by atoms with Gasteiger partial charge in [-0.3, -0.25) is 0 Å². The first-order valence-corrected chi connectivity index (χ1v) is 5.14. The second kappa shape index (κ2) is 5.01. The van der Waals surface area contributed by atoms with Crippen LogP contribution in [0.15, 0.2) is 18.2 Å². The van der Waals surface area contributed by atoms with Gasteiger partial charge in [0.1, 0.15) is 11.6 Å². The van der Waals surface area contributed by atoms with Gasteiger partial charge >= 0.3 is 12.0 Å². The molecule has 1 heterocycles. The summed E-state index contributed by atoms with van der Waals surface area (Å²) < 4.78 is 23.2. The van der Waals surface area contributed by atoms with Crippen LogP contribution < -0.4 is 15.2 Å². The molecule has 0 bridgehead atoms. The van der Waals surface area contributed by atoms with E-state index in [0.29, 0.717) is 0 Å². The van der Waals surface area contributed by atoms with Crippen molar-refractivity contribution in [1.82, 2.24) is 15.0 Å². The maximum atomic E-state index is 13.2. The van der Waals surface area contributed by atoms with E-state index in [1.807, 2.05) is 0 Å². The third-order valence-electron chi connectivity index (χ3n) is 1.89. The molecule has 1 aromatic heterocycles. The minimum Gasteiger partial charge on any atom is -0.467 e. The van der Waals surface area contributed by atoms with E-state index in [9.17, 15) is 4.39 Å². The molecule has 0 saturated carbocycles. The Balaban J connectivity index is 2.27. The third kappa shape index (κ3) is 2.75. The minimum absolute atomic E-state index is 0.00455. The van der Waals surface area contributed by atoms with Gasteiger partial charge in [0.25, 0.3) is 0 Å². The highest BCUT2D eigenvalue weighted by Gasteiger charge is 2.08. The number of ether oxygens (including phenoxy) is 2. The van der Waals surface area contributed by atoms with Crippen LogP contribution in [0.25, 0.3) is 0 Å². The maximum Gasteiger partial charge on any atom is 0.330 e. The summed E-state index contributed by atoms with van der Waals surface area (Å²) >= 11 is 5.54. The number of benzene rings is 1. The van der Waals surface area contributed by atoms with Crippen LogP contribution in [0.4, 0.5) is 10.3 Å². The van der Waals surface area contributed by atoms with Crippen molar-refractivity contribution in [3.05, 3.63) is 29.0 Å². The smallest absolute Gasteiger partial charge is 0.330 e. The monoisotopic (exact) mass is 270 g/mol. The lowest BCUT2D eigenvalue weighted by molar-refractivity contribution is 0.360. The summed E-state index contributed by atoms with van der Waals surface area (Å²) in [5, 5.41) is -0.00455. The Morgan fingerprint density at radius 3 is 2.61 bits per heavy atom. The van der Waals surface area contributed by atoms with E-state index in [1.165, 1.54) is 19.2 Å². The molecular weight excluding hydrogens is 263 g/mol. The Bertz CT molecular complexity index is 582. The normalized spacial score (nSPS) is 10.2.